The normalized spacial score (nSPS) is 17.5. The number of benzene rings is 3. The summed E-state index contributed by atoms with van der Waals surface area (Å²) < 4.78 is 5.88. The van der Waals surface area contributed by atoms with E-state index in [0.29, 0.717) is 12.2 Å². The van der Waals surface area contributed by atoms with Gasteiger partial charge in [-0.2, -0.15) is 0 Å². The van der Waals surface area contributed by atoms with Crippen LogP contribution in [0.3, 0.4) is 0 Å². The highest BCUT2D eigenvalue weighted by atomic mass is 16.6. The number of likely N-dealkylation sites (tertiary alicyclic amines) is 1. The lowest BCUT2D eigenvalue weighted by Crippen LogP contribution is -2.46. The monoisotopic (exact) mass is 470 g/mol. The average Bonchev–Trinajstić information content (AvgIpc) is 3.16. The number of rotatable bonds is 5. The largest absolute Gasteiger partial charge is 0.478 e. The number of hydrogen-bond acceptors (Lipinski definition) is 4. The van der Waals surface area contributed by atoms with E-state index in [2.05, 4.69) is 55.1 Å². The lowest BCUT2D eigenvalue weighted by Gasteiger charge is -2.37. The van der Waals surface area contributed by atoms with E-state index in [9.17, 15) is 9.59 Å². The molecule has 0 bridgehead atoms. The van der Waals surface area contributed by atoms with Crippen LogP contribution >= 0.6 is 0 Å². The highest BCUT2D eigenvalue weighted by Gasteiger charge is 2.47. The summed E-state index contributed by atoms with van der Waals surface area (Å²) >= 11 is 0. The Morgan fingerprint density at radius 1 is 0.971 bits per heavy atom. The molecule has 3 aromatic rings. The lowest BCUT2D eigenvalue weighted by molar-refractivity contribution is -0.000986. The Hall–Kier alpha value is -3.64. The van der Waals surface area contributed by atoms with E-state index in [1.54, 1.807) is 17.0 Å². The average molecular weight is 471 g/mol. The van der Waals surface area contributed by atoms with Gasteiger partial charge >= 0.3 is 12.1 Å². The highest BCUT2D eigenvalue weighted by Crippen LogP contribution is 2.36. The number of carboxylic acids is 1. The van der Waals surface area contributed by atoms with Crippen LogP contribution in [0, 0.1) is 13.8 Å². The number of aromatic carboxylic acids is 1. The smallest absolute Gasteiger partial charge is 0.415 e. The van der Waals surface area contributed by atoms with Crippen LogP contribution in [0.1, 0.15) is 39.9 Å². The number of ether oxygens (including phenoxy) is 1. The second-order valence-corrected chi connectivity index (χ2v) is 9.74. The highest BCUT2D eigenvalue weighted by molar-refractivity contribution is 5.92. The van der Waals surface area contributed by atoms with Gasteiger partial charge in [0.15, 0.2) is 0 Å². The Balaban J connectivity index is 1.23. The second-order valence-electron chi connectivity index (χ2n) is 9.74. The van der Waals surface area contributed by atoms with Gasteiger partial charge in [-0.05, 0) is 65.9 Å². The summed E-state index contributed by atoms with van der Waals surface area (Å²) in [6, 6.07) is 21.5. The number of piperidine rings is 1. The molecule has 0 aromatic heterocycles. The predicted octanol–water partition coefficient (Wildman–Crippen LogP) is 5.66. The Morgan fingerprint density at radius 2 is 1.60 bits per heavy atom. The van der Waals surface area contributed by atoms with Crippen molar-refractivity contribution in [2.24, 2.45) is 0 Å². The van der Waals surface area contributed by atoms with E-state index in [1.807, 2.05) is 6.07 Å². The van der Waals surface area contributed by atoms with Crippen molar-refractivity contribution in [3.63, 3.8) is 0 Å². The Bertz CT molecular complexity index is 1220. The molecule has 6 heteroatoms. The van der Waals surface area contributed by atoms with Crippen LogP contribution in [-0.4, -0.2) is 47.3 Å². The minimum atomic E-state index is -0.982. The Kier molecular flexibility index (Phi) is 6.07. The van der Waals surface area contributed by atoms with E-state index < -0.39 is 11.6 Å². The number of carbonyl (C=O) groups excluding carboxylic acids is 1. The third-order valence-corrected chi connectivity index (χ3v) is 7.22. The molecule has 2 saturated heterocycles. The molecular weight excluding hydrogens is 440 g/mol. The summed E-state index contributed by atoms with van der Waals surface area (Å²) in [4.78, 5) is 27.8. The Morgan fingerprint density at radius 3 is 2.20 bits per heavy atom. The van der Waals surface area contributed by atoms with Crippen molar-refractivity contribution in [2.75, 3.05) is 24.5 Å². The molecule has 2 heterocycles. The summed E-state index contributed by atoms with van der Waals surface area (Å²) in [6.07, 6.45) is 1.20. The molecular formula is C29H30N2O4. The quantitative estimate of drug-likeness (QED) is 0.521. The first-order chi connectivity index (χ1) is 16.8. The van der Waals surface area contributed by atoms with E-state index >= 15 is 0 Å². The van der Waals surface area contributed by atoms with Crippen LogP contribution in [0.15, 0.2) is 66.7 Å². The number of carbonyl (C=O) groups is 2. The van der Waals surface area contributed by atoms with Gasteiger partial charge in [-0.25, -0.2) is 9.59 Å². The van der Waals surface area contributed by atoms with Crippen molar-refractivity contribution < 1.29 is 19.4 Å². The van der Waals surface area contributed by atoms with Gasteiger partial charge in [-0.3, -0.25) is 9.80 Å². The number of anilines is 1. The van der Waals surface area contributed by atoms with E-state index in [4.69, 9.17) is 9.84 Å². The first-order valence-electron chi connectivity index (χ1n) is 12.1. The standard InChI is InChI=1S/C29H30N2O4/c1-20-16-22(17-21(2)26(20)23-6-4-3-5-7-23)18-30-14-12-29(13-15-30)19-31(28(34)35-29)25-10-8-24(9-11-25)27(32)33/h3-11,16-17H,12-15,18-19H2,1-2H3,(H,32,33). The molecule has 3 aromatic carbocycles. The molecule has 6 nitrogen and oxygen atoms in total. The fraction of sp³-hybridized carbons (Fsp3) is 0.310. The summed E-state index contributed by atoms with van der Waals surface area (Å²) in [5, 5.41) is 9.11. The SMILES string of the molecule is Cc1cc(CN2CCC3(CC2)CN(c2ccc(C(=O)O)cc2)C(=O)O3)cc(C)c1-c1ccccc1. The van der Waals surface area contributed by atoms with Gasteiger partial charge in [-0.15, -0.1) is 0 Å². The molecule has 0 saturated carbocycles. The molecule has 0 aliphatic carbocycles. The molecule has 1 N–H and O–H groups in total. The van der Waals surface area contributed by atoms with Gasteiger partial charge in [0.25, 0.3) is 0 Å². The first-order valence-corrected chi connectivity index (χ1v) is 12.1. The van der Waals surface area contributed by atoms with E-state index in [0.717, 1.165) is 32.5 Å². The van der Waals surface area contributed by atoms with Crippen LogP contribution in [-0.2, 0) is 11.3 Å². The third kappa shape index (κ3) is 4.66. The maximum Gasteiger partial charge on any atom is 0.415 e. The molecule has 0 unspecified atom stereocenters. The summed E-state index contributed by atoms with van der Waals surface area (Å²) in [5.74, 6) is -0.982. The molecule has 1 amide bonds. The number of carboxylic acid groups (broad SMARTS) is 1. The van der Waals surface area contributed by atoms with Crippen molar-refractivity contribution in [3.8, 4) is 11.1 Å². The van der Waals surface area contributed by atoms with Crippen molar-refractivity contribution in [1.29, 1.82) is 0 Å². The zero-order valence-corrected chi connectivity index (χ0v) is 20.2. The van der Waals surface area contributed by atoms with E-state index in [-0.39, 0.29) is 11.7 Å². The predicted molar refractivity (Wildman–Crippen MR) is 136 cm³/mol. The maximum absolute atomic E-state index is 12.6. The van der Waals surface area contributed by atoms with Crippen LogP contribution in [0.25, 0.3) is 11.1 Å². The van der Waals surface area contributed by atoms with Gasteiger partial charge in [-0.1, -0.05) is 42.5 Å². The fourth-order valence-corrected chi connectivity index (χ4v) is 5.45. The van der Waals surface area contributed by atoms with Crippen molar-refractivity contribution >= 4 is 17.7 Å². The molecule has 2 aliphatic heterocycles. The van der Waals surface area contributed by atoms with Gasteiger partial charge in [0.05, 0.1) is 12.1 Å². The second kappa shape index (κ2) is 9.19. The fourth-order valence-electron chi connectivity index (χ4n) is 5.45. The molecule has 2 aliphatic rings. The number of aryl methyl sites for hydroxylation is 2. The minimum Gasteiger partial charge on any atom is -0.478 e. The van der Waals surface area contributed by atoms with Crippen molar-refractivity contribution in [1.82, 2.24) is 4.90 Å². The summed E-state index contributed by atoms with van der Waals surface area (Å²) in [6.45, 7) is 7.45. The van der Waals surface area contributed by atoms with Gasteiger partial charge in [0, 0.05) is 38.2 Å². The van der Waals surface area contributed by atoms with Crippen LogP contribution in [0.2, 0.25) is 0 Å². The maximum atomic E-state index is 12.6. The number of hydrogen-bond donors (Lipinski definition) is 1. The molecule has 0 radical (unpaired) electrons. The van der Waals surface area contributed by atoms with Gasteiger partial charge < -0.3 is 9.84 Å². The van der Waals surface area contributed by atoms with Crippen molar-refractivity contribution in [3.05, 3.63) is 89.0 Å². The van der Waals surface area contributed by atoms with E-state index in [1.165, 1.54) is 39.9 Å². The molecule has 2 fully saturated rings. The molecule has 1 spiro atoms. The topological polar surface area (TPSA) is 70.1 Å². The molecule has 0 atom stereocenters. The number of nitrogens with zero attached hydrogens (tertiary/aromatic N) is 2. The Labute approximate surface area is 205 Å². The van der Waals surface area contributed by atoms with Crippen LogP contribution < -0.4 is 4.90 Å². The number of amides is 1. The minimum absolute atomic E-state index is 0.201. The molecule has 5 rings (SSSR count). The molecule has 35 heavy (non-hydrogen) atoms. The molecule has 180 valence electrons. The van der Waals surface area contributed by atoms with Gasteiger partial charge in [0.2, 0.25) is 0 Å². The van der Waals surface area contributed by atoms with Crippen LogP contribution in [0.4, 0.5) is 10.5 Å². The summed E-state index contributed by atoms with van der Waals surface area (Å²) in [7, 11) is 0. The third-order valence-electron chi connectivity index (χ3n) is 7.22. The summed E-state index contributed by atoms with van der Waals surface area (Å²) in [5.41, 5.74) is 6.82. The first kappa shape index (κ1) is 23.1. The van der Waals surface area contributed by atoms with Crippen LogP contribution in [0.5, 0.6) is 0 Å². The van der Waals surface area contributed by atoms with Gasteiger partial charge in [0.1, 0.15) is 5.60 Å². The van der Waals surface area contributed by atoms with Crippen molar-refractivity contribution in [2.45, 2.75) is 38.8 Å². The zero-order valence-electron chi connectivity index (χ0n) is 20.2. The zero-order chi connectivity index (χ0) is 24.6. The lowest BCUT2D eigenvalue weighted by atomic mass is 9.90.